The topological polar surface area (TPSA) is 89.5 Å². The summed E-state index contributed by atoms with van der Waals surface area (Å²) in [6.45, 7) is 0. The van der Waals surface area contributed by atoms with Crippen LogP contribution in [0.3, 0.4) is 0 Å². The fraction of sp³-hybridized carbons (Fsp3) is 0.800. The van der Waals surface area contributed by atoms with E-state index in [1.807, 2.05) is 5.09 Å². The van der Waals surface area contributed by atoms with Gasteiger partial charge in [-0.2, -0.15) is 78.7 Å². The van der Waals surface area contributed by atoms with Gasteiger partial charge in [0.05, 0.1) is 0 Å². The molecule has 0 saturated carbocycles. The standard InChI is InChI=1S/C10F18O8S2/c11-1(12)2-31-3(13,5(15,16)33-7(19,20)9(23,24)37-36-35-27)4(14,32-2)6(17,18)34-8(21,22)10(25,26)38(28,29)30. The molecule has 1 saturated heterocycles. The predicted molar refractivity (Wildman–Crippen MR) is 71.8 cm³/mol. The molecule has 1 heterocycles. The van der Waals surface area contributed by atoms with Crippen LogP contribution in [0.4, 0.5) is 78.7 Å². The molecule has 0 radical (unpaired) electrons. The van der Waals surface area contributed by atoms with E-state index in [2.05, 4.69) is 13.8 Å². The first kappa shape index (κ1) is 34.2. The Labute approximate surface area is 197 Å². The van der Waals surface area contributed by atoms with Crippen molar-refractivity contribution in [1.29, 1.82) is 0 Å². The Bertz CT molecular complexity index is 1030. The maximum Gasteiger partial charge on any atom is 0.464 e. The van der Waals surface area contributed by atoms with Gasteiger partial charge in [-0.15, -0.1) is 4.33 Å². The lowest BCUT2D eigenvalue weighted by molar-refractivity contribution is -0.525. The van der Waals surface area contributed by atoms with Gasteiger partial charge in [-0.05, 0) is 9.62 Å². The van der Waals surface area contributed by atoms with E-state index in [0.717, 1.165) is 0 Å². The van der Waals surface area contributed by atoms with Crippen molar-refractivity contribution in [2.75, 3.05) is 0 Å². The average Bonchev–Trinajstić information content (AvgIpc) is 2.98. The van der Waals surface area contributed by atoms with Crippen LogP contribution < -0.4 is 0 Å². The molecule has 1 fully saturated rings. The third-order valence-electron chi connectivity index (χ3n) is 3.44. The molecule has 0 aromatic carbocycles. The molecule has 1 aliphatic heterocycles. The Hall–Kier alpha value is -1.78. The molecule has 0 aromatic heterocycles. The summed E-state index contributed by atoms with van der Waals surface area (Å²) in [4.78, 5) is 0. The molecule has 0 spiro atoms. The number of hydrogen-bond donors (Lipinski definition) is 0. The number of halogens is 18. The minimum absolute atomic E-state index is 1.54. The summed E-state index contributed by atoms with van der Waals surface area (Å²) >= 11 is -2.31. The Balaban J connectivity index is 3.72. The van der Waals surface area contributed by atoms with Crippen LogP contribution in [0.15, 0.2) is 12.0 Å². The van der Waals surface area contributed by atoms with Crippen molar-refractivity contribution in [3.8, 4) is 0 Å². The van der Waals surface area contributed by atoms with E-state index in [1.165, 1.54) is 0 Å². The van der Waals surface area contributed by atoms with Crippen molar-refractivity contribution in [2.45, 2.75) is 46.7 Å². The fourth-order valence-corrected chi connectivity index (χ4v) is 2.37. The SMILES string of the molecule is O=S(=O)(F)C(F)(F)C(F)(F)OC(F)(F)C1(F)OC(=C(F)F)OC1(F)C(F)(F)OC(F)(F)C(F)(F)SOOF. The molecule has 2 unspecified atom stereocenters. The number of ether oxygens (including phenoxy) is 4. The largest absolute Gasteiger partial charge is 0.464 e. The van der Waals surface area contributed by atoms with Gasteiger partial charge < -0.3 is 9.47 Å². The molecule has 38 heavy (non-hydrogen) atoms. The molecular formula is C10F18O8S2. The van der Waals surface area contributed by atoms with E-state index in [-0.39, 0.29) is 0 Å². The van der Waals surface area contributed by atoms with Gasteiger partial charge in [-0.25, -0.2) is 9.47 Å². The zero-order valence-corrected chi connectivity index (χ0v) is 17.5. The molecule has 1 aliphatic rings. The first-order valence-electron chi connectivity index (χ1n) is 7.54. The van der Waals surface area contributed by atoms with E-state index < -0.39 is 80.9 Å². The normalized spacial score (nSPS) is 24.3. The van der Waals surface area contributed by atoms with Crippen LogP contribution in [0.25, 0.3) is 0 Å². The third kappa shape index (κ3) is 5.45. The average molecular weight is 654 g/mol. The van der Waals surface area contributed by atoms with Crippen LogP contribution in [0, 0.1) is 0 Å². The molecule has 28 heteroatoms. The molecule has 2 atom stereocenters. The number of hydrogen-bond acceptors (Lipinski definition) is 9. The Morgan fingerprint density at radius 2 is 1.13 bits per heavy atom. The number of alkyl halides is 14. The highest BCUT2D eigenvalue weighted by atomic mass is 32.3. The highest BCUT2D eigenvalue weighted by Gasteiger charge is 2.91. The van der Waals surface area contributed by atoms with Gasteiger partial charge >= 0.3 is 68.9 Å². The van der Waals surface area contributed by atoms with Crippen molar-refractivity contribution >= 4 is 22.3 Å². The van der Waals surface area contributed by atoms with Crippen molar-refractivity contribution in [3.05, 3.63) is 12.0 Å². The summed E-state index contributed by atoms with van der Waals surface area (Å²) in [5.41, 5.74) is 0. The van der Waals surface area contributed by atoms with Crippen molar-refractivity contribution in [2.24, 2.45) is 0 Å². The number of rotatable bonds is 12. The Morgan fingerprint density at radius 3 is 1.45 bits per heavy atom. The molecule has 226 valence electrons. The summed E-state index contributed by atoms with van der Waals surface area (Å²) < 4.78 is 270. The minimum atomic E-state index is -8.07. The van der Waals surface area contributed by atoms with E-state index in [0.29, 0.717) is 0 Å². The summed E-state index contributed by atoms with van der Waals surface area (Å²) in [7, 11) is -8.07. The lowest BCUT2D eigenvalue weighted by Gasteiger charge is -2.39. The van der Waals surface area contributed by atoms with E-state index >= 15 is 0 Å². The molecule has 0 N–H and O–H groups in total. The molecule has 0 aliphatic carbocycles. The van der Waals surface area contributed by atoms with Crippen molar-refractivity contribution in [1.82, 2.24) is 0 Å². The monoisotopic (exact) mass is 654 g/mol. The highest BCUT2D eigenvalue weighted by Crippen LogP contribution is 2.62. The molecule has 0 bridgehead atoms. The van der Waals surface area contributed by atoms with Gasteiger partial charge in [0.2, 0.25) is 0 Å². The van der Waals surface area contributed by atoms with E-state index in [9.17, 15) is 87.1 Å². The van der Waals surface area contributed by atoms with Crippen LogP contribution >= 0.6 is 12.0 Å². The van der Waals surface area contributed by atoms with Crippen LogP contribution in [-0.4, -0.2) is 55.1 Å². The van der Waals surface area contributed by atoms with E-state index in [4.69, 9.17) is 0 Å². The van der Waals surface area contributed by atoms with Gasteiger partial charge in [0.1, 0.15) is 12.0 Å². The second-order valence-electron chi connectivity index (χ2n) is 5.90. The zero-order valence-electron chi connectivity index (χ0n) is 15.9. The van der Waals surface area contributed by atoms with Gasteiger partial charge in [0, 0.05) is 0 Å². The second kappa shape index (κ2) is 9.70. The van der Waals surface area contributed by atoms with Crippen LogP contribution in [0.1, 0.15) is 0 Å². The summed E-state index contributed by atoms with van der Waals surface area (Å²) in [5, 5.41) is -12.1. The lowest BCUT2D eigenvalue weighted by Crippen LogP contribution is -2.69. The first-order valence-corrected chi connectivity index (χ1v) is 9.67. The smallest absolute Gasteiger partial charge is 0.410 e. The Kier molecular flexibility index (Phi) is 8.74. The zero-order chi connectivity index (χ0) is 30.6. The Morgan fingerprint density at radius 1 is 0.763 bits per heavy atom. The molecule has 1 rings (SSSR count). The van der Waals surface area contributed by atoms with Gasteiger partial charge in [-0.3, -0.25) is 0 Å². The maximum absolute atomic E-state index is 14.7. The molecule has 8 nitrogen and oxygen atoms in total. The highest BCUT2D eigenvalue weighted by molar-refractivity contribution is 7.95. The predicted octanol–water partition coefficient (Wildman–Crippen LogP) is 5.80. The van der Waals surface area contributed by atoms with Crippen LogP contribution in [-0.2, 0) is 38.6 Å². The quantitative estimate of drug-likeness (QED) is 0.0852. The molecule has 0 aromatic rings. The maximum atomic E-state index is 14.7. The second-order valence-corrected chi connectivity index (χ2v) is 8.10. The summed E-state index contributed by atoms with van der Waals surface area (Å²) in [6, 6.07) is 0. The minimum Gasteiger partial charge on any atom is -0.410 e. The lowest BCUT2D eigenvalue weighted by atomic mass is 10.1. The molecular weight excluding hydrogens is 654 g/mol. The first-order chi connectivity index (χ1) is 16.5. The van der Waals surface area contributed by atoms with Gasteiger partial charge in [0.25, 0.3) is 0 Å². The summed E-state index contributed by atoms with van der Waals surface area (Å²) in [5.74, 6) is -18.4. The van der Waals surface area contributed by atoms with Gasteiger partial charge in [-0.1, -0.05) is 3.89 Å². The van der Waals surface area contributed by atoms with E-state index in [1.54, 1.807) is 9.47 Å². The van der Waals surface area contributed by atoms with Gasteiger partial charge in [0.15, 0.2) is 0 Å². The fourth-order valence-electron chi connectivity index (χ4n) is 1.80. The third-order valence-corrected chi connectivity index (χ3v) is 4.86. The van der Waals surface area contributed by atoms with Crippen LogP contribution in [0.5, 0.6) is 0 Å². The van der Waals surface area contributed by atoms with Crippen molar-refractivity contribution in [3.63, 3.8) is 0 Å². The molecule has 0 amide bonds. The summed E-state index contributed by atoms with van der Waals surface area (Å²) in [6.07, 6.45) is -34.3. The van der Waals surface area contributed by atoms with Crippen LogP contribution in [0.2, 0.25) is 0 Å². The van der Waals surface area contributed by atoms with Crippen molar-refractivity contribution < 1.29 is 115 Å².